The van der Waals surface area contributed by atoms with Gasteiger partial charge in [-0.3, -0.25) is 14.5 Å². The summed E-state index contributed by atoms with van der Waals surface area (Å²) in [7, 11) is 1.43. The van der Waals surface area contributed by atoms with Crippen molar-refractivity contribution in [2.45, 2.75) is 20.0 Å². The molecule has 3 rings (SSSR count). The Hall–Kier alpha value is -3.15. The Morgan fingerprint density at radius 3 is 2.15 bits per heavy atom. The van der Waals surface area contributed by atoms with E-state index in [-0.39, 0.29) is 23.2 Å². The second kappa shape index (κ2) is 7.00. The summed E-state index contributed by atoms with van der Waals surface area (Å²) >= 11 is 0. The number of likely N-dealkylation sites (N-methyl/N-ethyl adjacent to an activating group) is 1. The number of imide groups is 1. The molecule has 5 nitrogen and oxygen atoms in total. The van der Waals surface area contributed by atoms with Crippen molar-refractivity contribution in [3.05, 3.63) is 65.6 Å². The minimum absolute atomic E-state index is 0.0385. The molecule has 0 atom stereocenters. The van der Waals surface area contributed by atoms with Crippen LogP contribution in [-0.2, 0) is 9.59 Å². The molecule has 26 heavy (non-hydrogen) atoms. The molecule has 1 aliphatic heterocycles. The van der Waals surface area contributed by atoms with Gasteiger partial charge in [-0.25, -0.2) is 4.39 Å². The number of nitrogens with one attached hydrogen (secondary N) is 1. The van der Waals surface area contributed by atoms with Gasteiger partial charge in [0, 0.05) is 12.7 Å². The number of amides is 2. The molecule has 0 unspecified atom stereocenters. The lowest BCUT2D eigenvalue weighted by molar-refractivity contribution is -0.135. The number of benzene rings is 2. The molecule has 0 bridgehead atoms. The zero-order valence-corrected chi connectivity index (χ0v) is 14.7. The van der Waals surface area contributed by atoms with Gasteiger partial charge in [0.2, 0.25) is 0 Å². The van der Waals surface area contributed by atoms with Crippen LogP contribution in [0.15, 0.2) is 54.2 Å². The first-order chi connectivity index (χ1) is 12.4. The van der Waals surface area contributed by atoms with Crippen LogP contribution in [0.5, 0.6) is 5.75 Å². The molecule has 0 aliphatic carbocycles. The van der Waals surface area contributed by atoms with Crippen LogP contribution in [0.25, 0.3) is 5.57 Å². The highest BCUT2D eigenvalue weighted by molar-refractivity contribution is 6.36. The van der Waals surface area contributed by atoms with Gasteiger partial charge in [-0.1, -0.05) is 12.1 Å². The van der Waals surface area contributed by atoms with Crippen LogP contribution in [0.4, 0.5) is 10.1 Å². The molecule has 2 aromatic rings. The second-order valence-electron chi connectivity index (χ2n) is 6.24. The van der Waals surface area contributed by atoms with Crippen LogP contribution in [0.3, 0.4) is 0 Å². The predicted molar refractivity (Wildman–Crippen MR) is 96.9 cm³/mol. The van der Waals surface area contributed by atoms with E-state index in [1.54, 1.807) is 24.3 Å². The summed E-state index contributed by atoms with van der Waals surface area (Å²) < 4.78 is 18.7. The van der Waals surface area contributed by atoms with Crippen molar-refractivity contribution in [2.75, 3.05) is 12.4 Å². The molecule has 134 valence electrons. The van der Waals surface area contributed by atoms with Gasteiger partial charge >= 0.3 is 0 Å². The summed E-state index contributed by atoms with van der Waals surface area (Å²) in [6.45, 7) is 3.85. The molecule has 1 N–H and O–H groups in total. The van der Waals surface area contributed by atoms with Crippen molar-refractivity contribution in [1.82, 2.24) is 4.90 Å². The van der Waals surface area contributed by atoms with Crippen LogP contribution < -0.4 is 10.1 Å². The average Bonchev–Trinajstić information content (AvgIpc) is 2.81. The molecule has 0 saturated carbocycles. The third kappa shape index (κ3) is 3.44. The molecule has 6 heteroatoms. The first-order valence-corrected chi connectivity index (χ1v) is 8.23. The standard InChI is InChI=1S/C20H19FN2O3/c1-12(2)26-16-10-4-13(5-11-16)17-18(20(25)23(3)19(17)24)22-15-8-6-14(21)7-9-15/h4-12,22H,1-3H3. The van der Waals surface area contributed by atoms with Gasteiger partial charge in [0.15, 0.2) is 0 Å². The Morgan fingerprint density at radius 1 is 0.962 bits per heavy atom. The topological polar surface area (TPSA) is 58.6 Å². The molecular formula is C20H19FN2O3. The van der Waals surface area contributed by atoms with E-state index in [0.29, 0.717) is 17.0 Å². The van der Waals surface area contributed by atoms with Gasteiger partial charge in [0.25, 0.3) is 11.8 Å². The van der Waals surface area contributed by atoms with Gasteiger partial charge in [0.05, 0.1) is 11.7 Å². The zero-order valence-electron chi connectivity index (χ0n) is 14.7. The van der Waals surface area contributed by atoms with Crippen LogP contribution in [0.2, 0.25) is 0 Å². The van der Waals surface area contributed by atoms with Gasteiger partial charge in [-0.2, -0.15) is 0 Å². The van der Waals surface area contributed by atoms with Crippen molar-refractivity contribution >= 4 is 23.1 Å². The van der Waals surface area contributed by atoms with E-state index >= 15 is 0 Å². The minimum atomic E-state index is -0.433. The van der Waals surface area contributed by atoms with Gasteiger partial charge in [-0.05, 0) is 55.8 Å². The van der Waals surface area contributed by atoms with Crippen LogP contribution in [0.1, 0.15) is 19.4 Å². The lowest BCUT2D eigenvalue weighted by atomic mass is 10.0. The Morgan fingerprint density at radius 2 is 1.58 bits per heavy atom. The van der Waals surface area contributed by atoms with E-state index < -0.39 is 11.8 Å². The highest BCUT2D eigenvalue weighted by atomic mass is 19.1. The average molecular weight is 354 g/mol. The third-order valence-electron chi connectivity index (χ3n) is 3.92. The second-order valence-corrected chi connectivity index (χ2v) is 6.24. The van der Waals surface area contributed by atoms with E-state index in [9.17, 15) is 14.0 Å². The van der Waals surface area contributed by atoms with Gasteiger partial charge in [0.1, 0.15) is 17.3 Å². The van der Waals surface area contributed by atoms with E-state index in [4.69, 9.17) is 4.74 Å². The van der Waals surface area contributed by atoms with Gasteiger partial charge in [-0.15, -0.1) is 0 Å². The van der Waals surface area contributed by atoms with Crippen molar-refractivity contribution in [1.29, 1.82) is 0 Å². The van der Waals surface area contributed by atoms with Crippen LogP contribution in [0, 0.1) is 5.82 Å². The number of ether oxygens (including phenoxy) is 1. The fraction of sp³-hybridized carbons (Fsp3) is 0.200. The van der Waals surface area contributed by atoms with Crippen molar-refractivity contribution < 1.29 is 18.7 Å². The van der Waals surface area contributed by atoms with E-state index in [1.807, 2.05) is 13.8 Å². The molecule has 0 radical (unpaired) electrons. The highest BCUT2D eigenvalue weighted by Gasteiger charge is 2.36. The number of carbonyl (C=O) groups excluding carboxylic acids is 2. The number of hydrogen-bond donors (Lipinski definition) is 1. The summed E-state index contributed by atoms with van der Waals surface area (Å²) in [6.07, 6.45) is 0.0385. The van der Waals surface area contributed by atoms with E-state index in [1.165, 1.54) is 31.3 Å². The Bertz CT molecular complexity index is 871. The van der Waals surface area contributed by atoms with Crippen molar-refractivity contribution in [3.63, 3.8) is 0 Å². The molecule has 0 fully saturated rings. The number of hydrogen-bond acceptors (Lipinski definition) is 4. The molecule has 0 spiro atoms. The third-order valence-corrected chi connectivity index (χ3v) is 3.92. The Kier molecular flexibility index (Phi) is 4.75. The quantitative estimate of drug-likeness (QED) is 0.836. The van der Waals surface area contributed by atoms with Crippen LogP contribution >= 0.6 is 0 Å². The number of carbonyl (C=O) groups is 2. The van der Waals surface area contributed by atoms with Crippen molar-refractivity contribution in [3.8, 4) is 5.75 Å². The predicted octanol–water partition coefficient (Wildman–Crippen LogP) is 3.43. The lowest BCUT2D eigenvalue weighted by Crippen LogP contribution is -2.27. The summed E-state index contributed by atoms with van der Waals surface area (Å²) in [5, 5.41) is 2.94. The SMILES string of the molecule is CC(C)Oc1ccc(C2=C(Nc3ccc(F)cc3)C(=O)N(C)C2=O)cc1. The zero-order chi connectivity index (χ0) is 18.8. The molecule has 0 aromatic heterocycles. The normalized spacial score (nSPS) is 14.4. The lowest BCUT2D eigenvalue weighted by Gasteiger charge is -2.11. The maximum atomic E-state index is 13.1. The largest absolute Gasteiger partial charge is 0.491 e. The first-order valence-electron chi connectivity index (χ1n) is 8.23. The number of halogens is 1. The molecule has 2 amide bonds. The van der Waals surface area contributed by atoms with Gasteiger partial charge < -0.3 is 10.1 Å². The summed E-state index contributed by atoms with van der Waals surface area (Å²) in [4.78, 5) is 26.1. The molecule has 1 heterocycles. The fourth-order valence-corrected chi connectivity index (χ4v) is 2.68. The van der Waals surface area contributed by atoms with Crippen molar-refractivity contribution in [2.24, 2.45) is 0 Å². The molecule has 1 aliphatic rings. The Labute approximate surface area is 151 Å². The molecular weight excluding hydrogens is 335 g/mol. The smallest absolute Gasteiger partial charge is 0.277 e. The summed E-state index contributed by atoms with van der Waals surface area (Å²) in [5.74, 6) is -0.520. The first kappa shape index (κ1) is 17.7. The molecule has 2 aromatic carbocycles. The number of nitrogens with zero attached hydrogens (tertiary/aromatic N) is 1. The fourth-order valence-electron chi connectivity index (χ4n) is 2.68. The monoisotopic (exact) mass is 354 g/mol. The summed E-state index contributed by atoms with van der Waals surface area (Å²) in [5.41, 5.74) is 1.57. The van der Waals surface area contributed by atoms with E-state index in [2.05, 4.69) is 5.32 Å². The maximum absolute atomic E-state index is 13.1. The Balaban J connectivity index is 1.98. The molecule has 0 saturated heterocycles. The minimum Gasteiger partial charge on any atom is -0.491 e. The van der Waals surface area contributed by atoms with Crippen LogP contribution in [-0.4, -0.2) is 29.9 Å². The maximum Gasteiger partial charge on any atom is 0.277 e. The van der Waals surface area contributed by atoms with E-state index in [0.717, 1.165) is 4.90 Å². The highest BCUT2D eigenvalue weighted by Crippen LogP contribution is 2.30. The summed E-state index contributed by atoms with van der Waals surface area (Å²) in [6, 6.07) is 12.6. The number of anilines is 1. The number of rotatable bonds is 5.